The number of benzene rings is 1. The second-order valence-corrected chi connectivity index (χ2v) is 3.75. The molecule has 0 N–H and O–H groups in total. The number of amides is 1. The Labute approximate surface area is 103 Å². The summed E-state index contributed by atoms with van der Waals surface area (Å²) in [7, 11) is 1.57. The molecule has 17 heavy (non-hydrogen) atoms. The maximum atomic E-state index is 11.9. The Kier molecular flexibility index (Phi) is 4.23. The highest BCUT2D eigenvalue weighted by Gasteiger charge is 2.21. The molecule has 90 valence electrons. The molecule has 6 heteroatoms. The molecule has 0 aliphatic heterocycles. The molecule has 1 amide bonds. The lowest BCUT2D eigenvalue weighted by Gasteiger charge is -2.15. The molecule has 0 radical (unpaired) electrons. The fourth-order valence-corrected chi connectivity index (χ4v) is 1.58. The zero-order valence-electron chi connectivity index (χ0n) is 9.22. The molecule has 0 saturated heterocycles. The highest BCUT2D eigenvalue weighted by atomic mass is 35.5. The van der Waals surface area contributed by atoms with Crippen molar-refractivity contribution in [1.29, 1.82) is 0 Å². The van der Waals surface area contributed by atoms with Gasteiger partial charge in [0.2, 0.25) is 0 Å². The van der Waals surface area contributed by atoms with Crippen molar-refractivity contribution in [2.45, 2.75) is 0 Å². The van der Waals surface area contributed by atoms with Crippen LogP contribution < -0.4 is 0 Å². The van der Waals surface area contributed by atoms with E-state index in [4.69, 9.17) is 11.6 Å². The summed E-state index contributed by atoms with van der Waals surface area (Å²) in [5.41, 5.74) is -0.158. The van der Waals surface area contributed by atoms with Crippen LogP contribution in [0.3, 0.4) is 0 Å². The van der Waals surface area contributed by atoms with Gasteiger partial charge in [0, 0.05) is 19.7 Å². The zero-order valence-corrected chi connectivity index (χ0v) is 9.98. The molecular formula is C11H11ClN2O3. The summed E-state index contributed by atoms with van der Waals surface area (Å²) in [5, 5.41) is 10.5. The second-order valence-electron chi connectivity index (χ2n) is 3.37. The topological polar surface area (TPSA) is 63.5 Å². The molecule has 5 nitrogen and oxygen atoms in total. The third-order valence-corrected chi connectivity index (χ3v) is 2.55. The van der Waals surface area contributed by atoms with Crippen LogP contribution >= 0.6 is 11.6 Å². The lowest BCUT2D eigenvalue weighted by molar-refractivity contribution is -0.384. The van der Waals surface area contributed by atoms with Gasteiger partial charge in [-0.15, -0.1) is 6.58 Å². The molecule has 0 unspecified atom stereocenters. The Balaban J connectivity index is 3.15. The van der Waals surface area contributed by atoms with E-state index >= 15 is 0 Å². The van der Waals surface area contributed by atoms with Crippen LogP contribution in [0.4, 0.5) is 5.69 Å². The van der Waals surface area contributed by atoms with Crippen molar-refractivity contribution in [1.82, 2.24) is 4.90 Å². The molecule has 0 atom stereocenters. The minimum Gasteiger partial charge on any atom is -0.338 e. The van der Waals surface area contributed by atoms with Crippen molar-refractivity contribution in [2.75, 3.05) is 13.6 Å². The molecule has 0 spiro atoms. The van der Waals surface area contributed by atoms with Gasteiger partial charge in [0.15, 0.2) is 0 Å². The number of rotatable bonds is 4. The lowest BCUT2D eigenvalue weighted by Crippen LogP contribution is -2.27. The fraction of sp³-hybridized carbons (Fsp3) is 0.182. The molecule has 0 saturated carbocycles. The summed E-state index contributed by atoms with van der Waals surface area (Å²) >= 11 is 5.83. The number of hydrogen-bond acceptors (Lipinski definition) is 3. The molecule has 1 aromatic carbocycles. The van der Waals surface area contributed by atoms with Crippen molar-refractivity contribution < 1.29 is 9.72 Å². The number of nitro benzene ring substituents is 1. The SMILES string of the molecule is C=CCN(C)C(=O)c1cccc([N+](=O)[O-])c1Cl. The first-order valence-corrected chi connectivity index (χ1v) is 5.16. The van der Waals surface area contributed by atoms with Gasteiger partial charge >= 0.3 is 0 Å². The summed E-state index contributed by atoms with van der Waals surface area (Å²) in [6.07, 6.45) is 1.56. The minimum absolute atomic E-state index is 0.116. The molecule has 0 aliphatic carbocycles. The first-order valence-electron chi connectivity index (χ1n) is 4.78. The van der Waals surface area contributed by atoms with E-state index < -0.39 is 4.92 Å². The van der Waals surface area contributed by atoms with Crippen molar-refractivity contribution in [3.05, 3.63) is 51.6 Å². The average Bonchev–Trinajstić information content (AvgIpc) is 2.28. The van der Waals surface area contributed by atoms with E-state index in [0.717, 1.165) is 0 Å². The van der Waals surface area contributed by atoms with Gasteiger partial charge in [-0.1, -0.05) is 23.7 Å². The molecule has 0 aliphatic rings. The summed E-state index contributed by atoms with van der Waals surface area (Å²) in [6, 6.07) is 4.14. The van der Waals surface area contributed by atoms with Crippen LogP contribution in [0, 0.1) is 10.1 Å². The van der Waals surface area contributed by atoms with Gasteiger partial charge in [-0.3, -0.25) is 14.9 Å². The van der Waals surface area contributed by atoms with E-state index in [1.807, 2.05) is 0 Å². The molecule has 1 aromatic rings. The molecular weight excluding hydrogens is 244 g/mol. The maximum absolute atomic E-state index is 11.9. The second kappa shape index (κ2) is 5.45. The van der Waals surface area contributed by atoms with Crippen molar-refractivity contribution in [2.24, 2.45) is 0 Å². The fourth-order valence-electron chi connectivity index (χ4n) is 1.31. The summed E-state index contributed by atoms with van der Waals surface area (Å²) in [6.45, 7) is 3.85. The van der Waals surface area contributed by atoms with Crippen LogP contribution in [0.25, 0.3) is 0 Å². The predicted octanol–water partition coefficient (Wildman–Crippen LogP) is 2.51. The highest BCUT2D eigenvalue weighted by Crippen LogP contribution is 2.28. The van der Waals surface area contributed by atoms with Crippen LogP contribution in [0.15, 0.2) is 30.9 Å². The van der Waals surface area contributed by atoms with Gasteiger partial charge in [0.05, 0.1) is 10.5 Å². The standard InChI is InChI=1S/C11H11ClN2O3/c1-3-7-13(2)11(15)8-5-4-6-9(10(8)12)14(16)17/h3-6H,1,7H2,2H3. The zero-order chi connectivity index (χ0) is 13.0. The third kappa shape index (κ3) is 2.82. The molecule has 0 bridgehead atoms. The van der Waals surface area contributed by atoms with E-state index in [1.54, 1.807) is 13.1 Å². The average molecular weight is 255 g/mol. The summed E-state index contributed by atoms with van der Waals surface area (Å²) < 4.78 is 0. The number of carbonyl (C=O) groups excluding carboxylic acids is 1. The quantitative estimate of drug-likeness (QED) is 0.471. The Morgan fingerprint density at radius 2 is 2.29 bits per heavy atom. The van der Waals surface area contributed by atoms with Gasteiger partial charge in [0.1, 0.15) is 5.02 Å². The van der Waals surface area contributed by atoms with E-state index in [9.17, 15) is 14.9 Å². The predicted molar refractivity (Wildman–Crippen MR) is 65.3 cm³/mol. The molecule has 1 rings (SSSR count). The number of carbonyl (C=O) groups is 1. The normalized spacial score (nSPS) is 9.76. The van der Waals surface area contributed by atoms with E-state index in [0.29, 0.717) is 6.54 Å². The lowest BCUT2D eigenvalue weighted by atomic mass is 10.1. The highest BCUT2D eigenvalue weighted by molar-refractivity contribution is 6.35. The number of hydrogen-bond donors (Lipinski definition) is 0. The molecule has 0 fully saturated rings. The van der Waals surface area contributed by atoms with Crippen molar-refractivity contribution >= 4 is 23.2 Å². The Bertz CT molecular complexity index is 474. The Hall–Kier alpha value is -1.88. The van der Waals surface area contributed by atoms with Crippen LogP contribution in [0.1, 0.15) is 10.4 Å². The number of likely N-dealkylation sites (N-methyl/N-ethyl adjacent to an activating group) is 1. The number of halogens is 1. The first-order chi connectivity index (χ1) is 7.99. The van der Waals surface area contributed by atoms with Crippen molar-refractivity contribution in [3.8, 4) is 0 Å². The van der Waals surface area contributed by atoms with Gasteiger partial charge in [0.25, 0.3) is 11.6 Å². The maximum Gasteiger partial charge on any atom is 0.288 e. The van der Waals surface area contributed by atoms with Gasteiger partial charge < -0.3 is 4.90 Å². The smallest absolute Gasteiger partial charge is 0.288 e. The third-order valence-electron chi connectivity index (χ3n) is 2.16. The monoisotopic (exact) mass is 254 g/mol. The molecule has 0 heterocycles. The number of nitro groups is 1. The number of nitrogens with zero attached hydrogens (tertiary/aromatic N) is 2. The van der Waals surface area contributed by atoms with Crippen molar-refractivity contribution in [3.63, 3.8) is 0 Å². The Morgan fingerprint density at radius 3 is 2.82 bits per heavy atom. The van der Waals surface area contributed by atoms with E-state index in [-0.39, 0.29) is 22.2 Å². The van der Waals surface area contributed by atoms with Gasteiger partial charge in [-0.25, -0.2) is 0 Å². The molecule has 0 aromatic heterocycles. The van der Waals surface area contributed by atoms with Crippen LogP contribution in [-0.4, -0.2) is 29.3 Å². The van der Waals surface area contributed by atoms with Crippen LogP contribution in [0.5, 0.6) is 0 Å². The van der Waals surface area contributed by atoms with E-state index in [1.165, 1.54) is 23.1 Å². The first kappa shape index (κ1) is 13.2. The summed E-state index contributed by atoms with van der Waals surface area (Å²) in [5.74, 6) is -0.376. The Morgan fingerprint density at radius 1 is 1.65 bits per heavy atom. The van der Waals surface area contributed by atoms with Crippen LogP contribution in [0.2, 0.25) is 5.02 Å². The van der Waals surface area contributed by atoms with Gasteiger partial charge in [-0.05, 0) is 6.07 Å². The minimum atomic E-state index is -0.618. The van der Waals surface area contributed by atoms with Gasteiger partial charge in [-0.2, -0.15) is 0 Å². The van der Waals surface area contributed by atoms with Crippen LogP contribution in [-0.2, 0) is 0 Å². The largest absolute Gasteiger partial charge is 0.338 e. The van der Waals surface area contributed by atoms with E-state index in [2.05, 4.69) is 6.58 Å². The summed E-state index contributed by atoms with van der Waals surface area (Å²) in [4.78, 5) is 23.3.